The van der Waals surface area contributed by atoms with Gasteiger partial charge in [0, 0.05) is 29.7 Å². The van der Waals surface area contributed by atoms with Crippen LogP contribution in [0.4, 0.5) is 0 Å². The Balaban J connectivity index is 1.50. The lowest BCUT2D eigenvalue weighted by Gasteiger charge is -2.21. The molecule has 1 saturated heterocycles. The molecule has 1 aromatic rings. The van der Waals surface area contributed by atoms with Crippen molar-refractivity contribution in [3.8, 4) is 5.75 Å². The third-order valence-corrected chi connectivity index (χ3v) is 6.75. The number of aliphatic hydroxyl groups is 2. The summed E-state index contributed by atoms with van der Waals surface area (Å²) in [7, 11) is 0. The molecule has 7 atom stereocenters. The van der Waals surface area contributed by atoms with E-state index in [4.69, 9.17) is 25.8 Å². The van der Waals surface area contributed by atoms with Crippen molar-refractivity contribution in [3.63, 3.8) is 0 Å². The van der Waals surface area contributed by atoms with Crippen LogP contribution in [0.5, 0.6) is 5.75 Å². The summed E-state index contributed by atoms with van der Waals surface area (Å²) < 4.78 is 17.0. The van der Waals surface area contributed by atoms with E-state index in [0.717, 1.165) is 12.8 Å². The van der Waals surface area contributed by atoms with Gasteiger partial charge in [-0.3, -0.25) is 4.79 Å². The zero-order valence-electron chi connectivity index (χ0n) is 19.2. The van der Waals surface area contributed by atoms with Gasteiger partial charge in [-0.05, 0) is 43.0 Å². The maximum atomic E-state index is 11.8. The van der Waals surface area contributed by atoms with Gasteiger partial charge in [-0.1, -0.05) is 30.7 Å². The molecule has 8 nitrogen and oxygen atoms in total. The summed E-state index contributed by atoms with van der Waals surface area (Å²) in [5.74, 6) is -1.24. The zero-order chi connectivity index (χ0) is 24.7. The Labute approximate surface area is 204 Å². The van der Waals surface area contributed by atoms with Crippen molar-refractivity contribution in [1.82, 2.24) is 0 Å². The van der Waals surface area contributed by atoms with Gasteiger partial charge in [0.05, 0.1) is 25.4 Å². The molecule has 1 aliphatic heterocycles. The van der Waals surface area contributed by atoms with Gasteiger partial charge in [0.25, 0.3) is 0 Å². The molecule has 1 aromatic carbocycles. The number of hydrogen-bond donors (Lipinski definition) is 3. The lowest BCUT2D eigenvalue weighted by atomic mass is 9.87. The fourth-order valence-corrected chi connectivity index (χ4v) is 4.72. The van der Waals surface area contributed by atoms with Crippen molar-refractivity contribution in [2.24, 2.45) is 17.8 Å². The number of halogens is 1. The van der Waals surface area contributed by atoms with E-state index in [1.54, 1.807) is 37.3 Å². The second-order valence-electron chi connectivity index (χ2n) is 8.95. The number of carbonyl (C=O) groups is 2. The number of ketones is 1. The normalized spacial score (nSPS) is 28.8. The maximum Gasteiger partial charge on any atom is 0.340 e. The van der Waals surface area contributed by atoms with Crippen LogP contribution < -0.4 is 4.74 Å². The van der Waals surface area contributed by atoms with Gasteiger partial charge in [0.2, 0.25) is 6.10 Å². The topological polar surface area (TPSA) is 123 Å². The summed E-state index contributed by atoms with van der Waals surface area (Å²) in [4.78, 5) is 23.1. The van der Waals surface area contributed by atoms with E-state index in [1.165, 1.54) is 0 Å². The molecule has 1 saturated carbocycles. The van der Waals surface area contributed by atoms with E-state index in [1.807, 2.05) is 6.08 Å². The van der Waals surface area contributed by atoms with E-state index >= 15 is 0 Å². The number of carboxylic acids is 1. The second-order valence-corrected chi connectivity index (χ2v) is 9.38. The number of ether oxygens (including phenoxy) is 3. The lowest BCUT2D eigenvalue weighted by Crippen LogP contribution is -2.34. The number of hydrogen-bond acceptors (Lipinski definition) is 7. The fraction of sp³-hybridized carbons (Fsp3) is 0.600. The van der Waals surface area contributed by atoms with E-state index in [-0.39, 0.29) is 43.5 Å². The van der Waals surface area contributed by atoms with E-state index in [2.05, 4.69) is 0 Å². The number of aliphatic carboxylic acids is 1. The summed E-state index contributed by atoms with van der Waals surface area (Å²) in [6.07, 6.45) is 2.61. The number of Topliss-reactive ketones (excluding diaryl/α,β-unsaturated/α-hetero) is 1. The highest BCUT2D eigenvalue weighted by molar-refractivity contribution is 6.30. The standard InChI is InChI=1S/C25H33ClO8/c1-2-21(28)24(25(30)31)34-13-15-3-9-20-19(22(29)11-23(20)33-12-15)10-6-17(27)14-32-18-7-4-16(26)5-8-18/h4-8,10,15,17,19-20,22-24,27,29H,2-3,9,11-14H2,1H3,(H,30,31)/b10-6+/t15-,17-,19-,20-,22-,23+,24?/m1/s1. The Hall–Kier alpha value is -1.97. The molecule has 3 rings (SSSR count). The molecule has 0 aromatic heterocycles. The van der Waals surface area contributed by atoms with Crippen LogP contribution in [0.25, 0.3) is 0 Å². The van der Waals surface area contributed by atoms with Gasteiger partial charge < -0.3 is 29.5 Å². The van der Waals surface area contributed by atoms with Crippen LogP contribution in [-0.2, 0) is 19.1 Å². The van der Waals surface area contributed by atoms with E-state index in [9.17, 15) is 24.9 Å². The van der Waals surface area contributed by atoms with Gasteiger partial charge in [-0.25, -0.2) is 4.79 Å². The summed E-state index contributed by atoms with van der Waals surface area (Å²) in [6, 6.07) is 6.87. The highest BCUT2D eigenvalue weighted by Crippen LogP contribution is 2.41. The van der Waals surface area contributed by atoms with Crippen LogP contribution in [0.15, 0.2) is 36.4 Å². The minimum Gasteiger partial charge on any atom is -0.491 e. The first-order valence-electron chi connectivity index (χ1n) is 11.7. The number of carbonyl (C=O) groups excluding carboxylic acids is 1. The Morgan fingerprint density at radius 2 is 2.00 bits per heavy atom. The van der Waals surface area contributed by atoms with Crippen LogP contribution in [0.2, 0.25) is 5.02 Å². The Bertz CT molecular complexity index is 842. The Kier molecular flexibility index (Phi) is 9.91. The molecular formula is C25H33ClO8. The lowest BCUT2D eigenvalue weighted by molar-refractivity contribution is -0.157. The maximum absolute atomic E-state index is 11.8. The molecular weight excluding hydrogens is 464 g/mol. The van der Waals surface area contributed by atoms with Gasteiger partial charge in [0.15, 0.2) is 5.78 Å². The van der Waals surface area contributed by atoms with Crippen molar-refractivity contribution < 1.29 is 39.1 Å². The van der Waals surface area contributed by atoms with Crippen LogP contribution in [-0.4, -0.2) is 71.3 Å². The van der Waals surface area contributed by atoms with Gasteiger partial charge in [-0.15, -0.1) is 0 Å². The molecule has 34 heavy (non-hydrogen) atoms. The Morgan fingerprint density at radius 1 is 1.26 bits per heavy atom. The fourth-order valence-electron chi connectivity index (χ4n) is 4.59. The largest absolute Gasteiger partial charge is 0.491 e. The van der Waals surface area contributed by atoms with Crippen molar-refractivity contribution in [2.75, 3.05) is 19.8 Å². The van der Waals surface area contributed by atoms with Crippen molar-refractivity contribution in [1.29, 1.82) is 0 Å². The molecule has 2 fully saturated rings. The third kappa shape index (κ3) is 7.26. The smallest absolute Gasteiger partial charge is 0.340 e. The number of carboxylic acid groups (broad SMARTS) is 1. The van der Waals surface area contributed by atoms with Gasteiger partial charge >= 0.3 is 5.97 Å². The second kappa shape index (κ2) is 12.7. The quantitative estimate of drug-likeness (QED) is 0.316. The number of aliphatic hydroxyl groups excluding tert-OH is 2. The minimum atomic E-state index is -1.44. The van der Waals surface area contributed by atoms with Crippen molar-refractivity contribution in [2.45, 2.75) is 57.0 Å². The highest BCUT2D eigenvalue weighted by Gasteiger charge is 2.43. The third-order valence-electron chi connectivity index (χ3n) is 6.50. The average molecular weight is 497 g/mol. The van der Waals surface area contributed by atoms with Crippen LogP contribution in [0.1, 0.15) is 32.6 Å². The summed E-state index contributed by atoms with van der Waals surface area (Å²) >= 11 is 5.86. The molecule has 2 aliphatic rings. The van der Waals surface area contributed by atoms with Crippen LogP contribution in [0.3, 0.4) is 0 Å². The number of fused-ring (bicyclic) bond motifs is 1. The predicted octanol–water partition coefficient (Wildman–Crippen LogP) is 2.88. The number of benzene rings is 1. The minimum absolute atomic E-state index is 0.0303. The SMILES string of the molecule is CCC(=O)C(OC[C@@H]1CC[C@@H]2[C@@H](/C=C/[C@@H](O)COc3ccc(Cl)cc3)[C@H](O)C[C@@H]2OC1)C(=O)O. The molecule has 0 radical (unpaired) electrons. The Morgan fingerprint density at radius 3 is 2.68 bits per heavy atom. The summed E-state index contributed by atoms with van der Waals surface area (Å²) in [5, 5.41) is 30.7. The molecule has 0 spiro atoms. The predicted molar refractivity (Wildman–Crippen MR) is 125 cm³/mol. The molecule has 1 aliphatic carbocycles. The molecule has 0 bridgehead atoms. The monoisotopic (exact) mass is 496 g/mol. The van der Waals surface area contributed by atoms with Crippen molar-refractivity contribution in [3.05, 3.63) is 41.4 Å². The molecule has 1 unspecified atom stereocenters. The molecule has 188 valence electrons. The molecule has 0 amide bonds. The first kappa shape index (κ1) is 26.6. The highest BCUT2D eigenvalue weighted by atomic mass is 35.5. The first-order valence-corrected chi connectivity index (χ1v) is 12.1. The zero-order valence-corrected chi connectivity index (χ0v) is 20.0. The summed E-state index contributed by atoms with van der Waals surface area (Å²) in [6.45, 7) is 2.20. The first-order chi connectivity index (χ1) is 16.3. The molecule has 1 heterocycles. The molecule has 3 N–H and O–H groups in total. The van der Waals surface area contributed by atoms with Gasteiger partial charge in [-0.2, -0.15) is 0 Å². The van der Waals surface area contributed by atoms with Gasteiger partial charge in [0.1, 0.15) is 18.5 Å². The van der Waals surface area contributed by atoms with E-state index < -0.39 is 30.1 Å². The summed E-state index contributed by atoms with van der Waals surface area (Å²) in [5.41, 5.74) is 0. The molecule has 9 heteroatoms. The van der Waals surface area contributed by atoms with E-state index in [0.29, 0.717) is 23.8 Å². The van der Waals surface area contributed by atoms with Crippen LogP contribution >= 0.6 is 11.6 Å². The average Bonchev–Trinajstić information content (AvgIpc) is 2.98. The van der Waals surface area contributed by atoms with Crippen molar-refractivity contribution >= 4 is 23.4 Å². The van der Waals surface area contributed by atoms with Crippen LogP contribution in [0, 0.1) is 17.8 Å². The number of rotatable bonds is 11.